The molecule has 14 heteroatoms. The lowest BCUT2D eigenvalue weighted by Crippen LogP contribution is -2.65. The first-order valence-corrected chi connectivity index (χ1v) is 39.0. The maximum absolute atomic E-state index is 7.57. The highest BCUT2D eigenvalue weighted by Gasteiger charge is 2.50. The van der Waals surface area contributed by atoms with Crippen LogP contribution in [0.5, 0.6) is 46.0 Å². The van der Waals surface area contributed by atoms with E-state index in [4.69, 9.17) is 32.2 Å². The molecular formula is C92H69B3N2O7S2. The Morgan fingerprint density at radius 2 is 0.575 bits per heavy atom. The molecule has 0 fully saturated rings. The molecule has 0 unspecified atom stereocenters. The van der Waals surface area contributed by atoms with E-state index in [1.165, 1.54) is 33.1 Å². The average molecular weight is 1410 g/mol. The molecule has 9 nitrogen and oxygen atoms in total. The van der Waals surface area contributed by atoms with Crippen molar-refractivity contribution in [3.63, 3.8) is 0 Å². The summed E-state index contributed by atoms with van der Waals surface area (Å²) in [6.07, 6.45) is 4.39. The number of fused-ring (bicyclic) bond motifs is 21. The molecule has 106 heavy (non-hydrogen) atoms. The predicted molar refractivity (Wildman–Crippen MR) is 445 cm³/mol. The van der Waals surface area contributed by atoms with E-state index in [-0.39, 0.29) is 36.4 Å². The summed E-state index contributed by atoms with van der Waals surface area (Å²) in [4.78, 5) is 0. The molecule has 0 aliphatic carbocycles. The van der Waals surface area contributed by atoms with Gasteiger partial charge in [0.25, 0.3) is 20.1 Å². The van der Waals surface area contributed by atoms with Crippen LogP contribution < -0.4 is 76.7 Å². The Kier molecular flexibility index (Phi) is 12.8. The molecule has 3 aromatic heterocycles. The van der Waals surface area contributed by atoms with Gasteiger partial charge in [0, 0.05) is 101 Å². The molecule has 510 valence electrons. The molecule has 0 atom stereocenters. The first-order chi connectivity index (χ1) is 51.3. The molecule has 0 N–H and O–H groups in total. The minimum absolute atomic E-state index is 0.128. The van der Waals surface area contributed by atoms with Crippen LogP contribution >= 0.6 is 23.9 Å². The maximum Gasteiger partial charge on any atom is 0.260 e. The van der Waals surface area contributed by atoms with Gasteiger partial charge in [-0.1, -0.05) is 220 Å². The van der Waals surface area contributed by atoms with Gasteiger partial charge in [0.15, 0.2) is 0 Å². The van der Waals surface area contributed by atoms with E-state index in [2.05, 4.69) is 302 Å². The summed E-state index contributed by atoms with van der Waals surface area (Å²) in [5.74, 6) is 6.26. The number of para-hydroxylation sites is 8. The molecule has 0 amide bonds. The van der Waals surface area contributed by atoms with Crippen LogP contribution in [-0.2, 0) is 16.2 Å². The Hall–Kier alpha value is -11.0. The standard InChI is InChI=1S/C92H69B3N2O7S2/c1-90(2,3)60-31-19-28-57-54-25-16-22-51(84(54)102-87(57)60)48-38-71-81-72(39-48)97(106-11)70-47-76-68(94-64-35-13-15-37-74(64)99-78-41-50(43-80(101-76)83(78)94)53-24-18-27-56-59-30-21-33-62(92(7,8)9)89(59)104-86(53)56)45-66(70)95(81)65-44-67-75(46-69(65)96(71)105-10)100-79-42-49(40-77-82(79)93(67)63-34-12-14-36-73(63)98-77)52-23-17-26-55-58-29-20-32-61(91(4,5)6)88(58)103-85(52)55/h12-47H,1-11H3. The van der Waals surface area contributed by atoms with Gasteiger partial charge in [-0.15, -0.1) is 0 Å². The summed E-state index contributed by atoms with van der Waals surface area (Å²) in [5.41, 5.74) is 28.5. The lowest BCUT2D eigenvalue weighted by atomic mass is 9.29. The number of furan rings is 3. The van der Waals surface area contributed by atoms with Gasteiger partial charge in [-0.2, -0.15) is 0 Å². The van der Waals surface area contributed by atoms with Crippen molar-refractivity contribution in [1.29, 1.82) is 0 Å². The Balaban J connectivity index is 0.764. The minimum atomic E-state index is -0.273. The topological polar surface area (TPSA) is 82.8 Å². The second-order valence-corrected chi connectivity index (χ2v) is 33.9. The van der Waals surface area contributed by atoms with E-state index in [0.29, 0.717) is 0 Å². The normalized spacial score (nSPS) is 14.3. The molecule has 9 heterocycles. The quantitative estimate of drug-likeness (QED) is 0.122. The number of ether oxygens (including phenoxy) is 4. The van der Waals surface area contributed by atoms with Crippen LogP contribution in [0.4, 0.5) is 22.7 Å². The lowest BCUT2D eigenvalue weighted by molar-refractivity contribution is 0.464. The third-order valence-electron chi connectivity index (χ3n) is 23.3. The van der Waals surface area contributed by atoms with Crippen LogP contribution in [0.15, 0.2) is 232 Å². The van der Waals surface area contributed by atoms with Crippen LogP contribution in [0.1, 0.15) is 79.0 Å². The van der Waals surface area contributed by atoms with Gasteiger partial charge in [-0.05, 0) is 144 Å². The van der Waals surface area contributed by atoms with Crippen molar-refractivity contribution >= 4 is 182 Å². The van der Waals surface area contributed by atoms with Crippen molar-refractivity contribution in [2.24, 2.45) is 0 Å². The fourth-order valence-electron chi connectivity index (χ4n) is 18.6. The Bertz CT molecular complexity index is 6320. The second-order valence-electron chi connectivity index (χ2n) is 32.5. The highest BCUT2D eigenvalue weighted by Crippen LogP contribution is 2.52. The number of hydrogen-bond acceptors (Lipinski definition) is 11. The Morgan fingerprint density at radius 3 is 0.925 bits per heavy atom. The third-order valence-corrected chi connectivity index (χ3v) is 24.8. The zero-order chi connectivity index (χ0) is 71.5. The molecule has 0 radical (unpaired) electrons. The highest BCUT2D eigenvalue weighted by atomic mass is 32.2. The highest BCUT2D eigenvalue weighted by molar-refractivity contribution is 8.00. The second kappa shape index (κ2) is 21.8. The van der Waals surface area contributed by atoms with E-state index in [9.17, 15) is 0 Å². The molecule has 22 rings (SSSR count). The number of benzene rings is 13. The summed E-state index contributed by atoms with van der Waals surface area (Å²) >= 11 is 3.43. The predicted octanol–water partition coefficient (Wildman–Crippen LogP) is 19.7. The van der Waals surface area contributed by atoms with Gasteiger partial charge >= 0.3 is 0 Å². The van der Waals surface area contributed by atoms with Crippen molar-refractivity contribution in [3.8, 4) is 79.4 Å². The van der Waals surface area contributed by atoms with Crippen molar-refractivity contribution in [2.45, 2.75) is 78.6 Å². The molecule has 0 spiro atoms. The average Bonchev–Trinajstić information content (AvgIpc) is 0.876. The summed E-state index contributed by atoms with van der Waals surface area (Å²) in [6, 6.07) is 79.6. The van der Waals surface area contributed by atoms with Crippen LogP contribution in [0.2, 0.25) is 0 Å². The van der Waals surface area contributed by atoms with Crippen LogP contribution in [0, 0.1) is 0 Å². The third kappa shape index (κ3) is 8.68. The zero-order valence-corrected chi connectivity index (χ0v) is 62.2. The van der Waals surface area contributed by atoms with Crippen LogP contribution in [0.3, 0.4) is 0 Å². The summed E-state index contributed by atoms with van der Waals surface area (Å²) < 4.78 is 55.6. The molecule has 0 bridgehead atoms. The zero-order valence-electron chi connectivity index (χ0n) is 60.6. The fourth-order valence-corrected chi connectivity index (χ4v) is 20.0. The lowest BCUT2D eigenvalue weighted by Gasteiger charge is -2.44. The summed E-state index contributed by atoms with van der Waals surface area (Å²) in [7, 11) is 0. The number of rotatable bonds is 5. The van der Waals surface area contributed by atoms with Crippen molar-refractivity contribution in [1.82, 2.24) is 0 Å². The smallest absolute Gasteiger partial charge is 0.260 e. The molecular weight excluding hydrogens is 1340 g/mol. The van der Waals surface area contributed by atoms with Gasteiger partial charge in [0.1, 0.15) is 79.5 Å². The monoisotopic (exact) mass is 1410 g/mol. The molecule has 13 aromatic carbocycles. The Labute approximate surface area is 623 Å². The first kappa shape index (κ1) is 62.3. The first-order valence-electron chi connectivity index (χ1n) is 36.7. The van der Waals surface area contributed by atoms with Gasteiger partial charge in [-0.25, -0.2) is 0 Å². The van der Waals surface area contributed by atoms with Gasteiger partial charge < -0.3 is 32.2 Å². The van der Waals surface area contributed by atoms with E-state index in [1.807, 2.05) is 0 Å². The minimum Gasteiger partial charge on any atom is -0.458 e. The van der Waals surface area contributed by atoms with E-state index < -0.39 is 0 Å². The molecule has 16 aromatic rings. The van der Waals surface area contributed by atoms with E-state index >= 15 is 0 Å². The van der Waals surface area contributed by atoms with Gasteiger partial charge in [-0.3, -0.25) is 8.61 Å². The summed E-state index contributed by atoms with van der Waals surface area (Å²) in [5, 5.41) is 6.55. The van der Waals surface area contributed by atoms with E-state index in [1.54, 1.807) is 23.9 Å². The molecule has 0 saturated heterocycles. The van der Waals surface area contributed by atoms with Crippen molar-refractivity contribution in [3.05, 3.63) is 235 Å². The maximum atomic E-state index is 7.57. The van der Waals surface area contributed by atoms with E-state index in [0.717, 1.165) is 201 Å². The SMILES string of the molecule is CSN1c2cc3c(cc2B2c4cc5c(cc4N(SC)c4cc(-c6cccc7c6oc6c(C(C)(C)C)cccc67)cc1c42)Oc1cc(-c2cccc4c2oc2c(C(C)(C)C)cccc24)cc2c1B5c1ccccc1O2)B1c2ccccc2Oc2cc(-c4cccc5c4oc4c(C(C)(C)C)cccc45)cc(c21)O3. The number of nitrogens with zero attached hydrogens (tertiary/aromatic N) is 2. The fraction of sp³-hybridized carbons (Fsp3) is 0.152. The van der Waals surface area contributed by atoms with Crippen molar-refractivity contribution < 1.29 is 32.2 Å². The van der Waals surface area contributed by atoms with Crippen LogP contribution in [0.25, 0.3) is 99.2 Å². The largest absolute Gasteiger partial charge is 0.458 e. The molecule has 6 aliphatic heterocycles. The number of hydrogen-bond donors (Lipinski definition) is 0. The van der Waals surface area contributed by atoms with Crippen LogP contribution in [-0.4, -0.2) is 32.6 Å². The molecule has 6 aliphatic rings. The molecule has 0 saturated carbocycles. The number of anilines is 4. The van der Waals surface area contributed by atoms with Gasteiger partial charge in [0.05, 0.1) is 22.7 Å². The summed E-state index contributed by atoms with van der Waals surface area (Å²) in [6.45, 7) is 19.5. The van der Waals surface area contributed by atoms with Gasteiger partial charge in [0.2, 0.25) is 0 Å². The van der Waals surface area contributed by atoms with Crippen molar-refractivity contribution in [2.75, 3.05) is 21.1 Å². The Morgan fingerprint density at radius 1 is 0.264 bits per heavy atom.